The summed E-state index contributed by atoms with van der Waals surface area (Å²) >= 11 is 3.44. The first-order valence-electron chi connectivity index (χ1n) is 5.29. The molecule has 0 fully saturated rings. The fraction of sp³-hybridized carbons (Fsp3) is 0.538. The van der Waals surface area contributed by atoms with Crippen molar-refractivity contribution in [3.8, 4) is 5.75 Å². The van der Waals surface area contributed by atoms with Crippen molar-refractivity contribution in [3.63, 3.8) is 0 Å². The summed E-state index contributed by atoms with van der Waals surface area (Å²) in [6.07, 6.45) is 1.07. The first-order valence-corrected chi connectivity index (χ1v) is 6.41. The number of rotatable bonds is 4. The van der Waals surface area contributed by atoms with Crippen LogP contribution in [0.5, 0.6) is 5.75 Å². The molecule has 1 aromatic carbocycles. The minimum absolute atomic E-state index is 0.340. The maximum Gasteiger partial charge on any atom is 0.119 e. The topological polar surface area (TPSA) is 9.23 Å². The van der Waals surface area contributed by atoms with Crippen molar-refractivity contribution in [2.24, 2.45) is 5.41 Å². The molecule has 0 N–H and O–H groups in total. The van der Waals surface area contributed by atoms with Crippen LogP contribution in [0.3, 0.4) is 0 Å². The van der Waals surface area contributed by atoms with Gasteiger partial charge in [0.05, 0.1) is 6.61 Å². The van der Waals surface area contributed by atoms with Crippen molar-refractivity contribution in [1.29, 1.82) is 0 Å². The Bertz CT molecular complexity index is 302. The Morgan fingerprint density at radius 3 is 2.60 bits per heavy atom. The van der Waals surface area contributed by atoms with Crippen LogP contribution in [-0.4, -0.2) is 6.61 Å². The molecule has 1 rings (SSSR count). The molecule has 0 aliphatic heterocycles. The third-order valence-corrected chi connectivity index (χ3v) is 2.82. The summed E-state index contributed by atoms with van der Waals surface area (Å²) in [5, 5.41) is 0.878. The highest BCUT2D eigenvalue weighted by atomic mass is 79.9. The minimum Gasteiger partial charge on any atom is -0.494 e. The maximum atomic E-state index is 5.70. The van der Waals surface area contributed by atoms with Crippen molar-refractivity contribution in [1.82, 2.24) is 0 Å². The summed E-state index contributed by atoms with van der Waals surface area (Å²) in [5.74, 6) is 0.969. The molecule has 0 aliphatic rings. The van der Waals surface area contributed by atoms with Gasteiger partial charge >= 0.3 is 0 Å². The highest BCUT2D eigenvalue weighted by Crippen LogP contribution is 2.20. The molecular weight excluding hydrogens is 252 g/mol. The Kier molecular flexibility index (Phi) is 4.65. The largest absolute Gasteiger partial charge is 0.494 e. The standard InChI is InChI=1S/C13H19BrO/c1-13(2,3)7-8-15-12-6-4-5-11(9-12)10-14/h4-6,9H,7-8,10H2,1-3H3. The van der Waals surface area contributed by atoms with E-state index in [9.17, 15) is 0 Å². The second-order valence-corrected chi connectivity index (χ2v) is 5.50. The van der Waals surface area contributed by atoms with Crippen LogP contribution in [0.4, 0.5) is 0 Å². The third-order valence-electron chi connectivity index (χ3n) is 2.17. The van der Waals surface area contributed by atoms with E-state index in [-0.39, 0.29) is 0 Å². The molecule has 0 heterocycles. The highest BCUT2D eigenvalue weighted by molar-refractivity contribution is 9.08. The molecule has 0 saturated carbocycles. The Morgan fingerprint density at radius 1 is 1.27 bits per heavy atom. The van der Waals surface area contributed by atoms with Gasteiger partial charge in [0.25, 0.3) is 0 Å². The number of hydrogen-bond donors (Lipinski definition) is 0. The predicted octanol–water partition coefficient (Wildman–Crippen LogP) is 4.40. The molecule has 0 aromatic heterocycles. The van der Waals surface area contributed by atoms with E-state index in [0.717, 1.165) is 24.1 Å². The third kappa shape index (κ3) is 5.22. The average Bonchev–Trinajstić information content (AvgIpc) is 2.16. The van der Waals surface area contributed by atoms with E-state index >= 15 is 0 Å². The van der Waals surface area contributed by atoms with Gasteiger partial charge in [-0.25, -0.2) is 0 Å². The lowest BCUT2D eigenvalue weighted by Crippen LogP contribution is -2.11. The van der Waals surface area contributed by atoms with Crippen LogP contribution < -0.4 is 4.74 Å². The lowest BCUT2D eigenvalue weighted by Gasteiger charge is -2.18. The normalized spacial score (nSPS) is 11.5. The van der Waals surface area contributed by atoms with Crippen molar-refractivity contribution < 1.29 is 4.74 Å². The van der Waals surface area contributed by atoms with Crippen LogP contribution in [0.25, 0.3) is 0 Å². The average molecular weight is 271 g/mol. The smallest absolute Gasteiger partial charge is 0.119 e. The monoisotopic (exact) mass is 270 g/mol. The summed E-state index contributed by atoms with van der Waals surface area (Å²) < 4.78 is 5.70. The number of halogens is 1. The van der Waals surface area contributed by atoms with Crippen molar-refractivity contribution >= 4 is 15.9 Å². The number of hydrogen-bond acceptors (Lipinski definition) is 1. The predicted molar refractivity (Wildman–Crippen MR) is 68.6 cm³/mol. The van der Waals surface area contributed by atoms with Gasteiger partial charge in [-0.05, 0) is 29.5 Å². The van der Waals surface area contributed by atoms with Crippen molar-refractivity contribution in [2.45, 2.75) is 32.5 Å². The summed E-state index contributed by atoms with van der Waals surface area (Å²) in [6, 6.07) is 8.21. The second kappa shape index (κ2) is 5.55. The van der Waals surface area contributed by atoms with Crippen LogP contribution in [0.1, 0.15) is 32.8 Å². The molecule has 0 amide bonds. The van der Waals surface area contributed by atoms with E-state index in [1.54, 1.807) is 0 Å². The van der Waals surface area contributed by atoms with Crippen LogP contribution in [0.2, 0.25) is 0 Å². The molecular formula is C13H19BrO. The Morgan fingerprint density at radius 2 is 2.00 bits per heavy atom. The first kappa shape index (κ1) is 12.6. The molecule has 15 heavy (non-hydrogen) atoms. The highest BCUT2D eigenvalue weighted by Gasteiger charge is 2.09. The molecule has 0 bridgehead atoms. The zero-order chi connectivity index (χ0) is 11.3. The fourth-order valence-electron chi connectivity index (χ4n) is 1.19. The fourth-order valence-corrected chi connectivity index (χ4v) is 1.54. The van der Waals surface area contributed by atoms with E-state index < -0.39 is 0 Å². The van der Waals surface area contributed by atoms with Gasteiger partial charge in [0, 0.05) is 5.33 Å². The molecule has 0 saturated heterocycles. The van der Waals surface area contributed by atoms with Gasteiger partial charge in [0.1, 0.15) is 5.75 Å². The quantitative estimate of drug-likeness (QED) is 0.738. The van der Waals surface area contributed by atoms with Crippen LogP contribution in [-0.2, 0) is 5.33 Å². The molecule has 1 nitrogen and oxygen atoms in total. The summed E-state index contributed by atoms with van der Waals surface area (Å²) in [4.78, 5) is 0. The number of alkyl halides is 1. The van der Waals surface area contributed by atoms with E-state index in [1.807, 2.05) is 12.1 Å². The van der Waals surface area contributed by atoms with Gasteiger partial charge in [-0.2, -0.15) is 0 Å². The molecule has 0 aliphatic carbocycles. The molecule has 0 radical (unpaired) electrons. The van der Waals surface area contributed by atoms with Gasteiger partial charge in [-0.3, -0.25) is 0 Å². The summed E-state index contributed by atoms with van der Waals surface area (Å²) in [5.41, 5.74) is 1.59. The zero-order valence-corrected chi connectivity index (χ0v) is 11.3. The summed E-state index contributed by atoms with van der Waals surface area (Å²) in [6.45, 7) is 7.47. The van der Waals surface area contributed by atoms with E-state index in [1.165, 1.54) is 5.56 Å². The van der Waals surface area contributed by atoms with Gasteiger partial charge in [-0.15, -0.1) is 0 Å². The molecule has 2 heteroatoms. The minimum atomic E-state index is 0.340. The number of benzene rings is 1. The zero-order valence-electron chi connectivity index (χ0n) is 9.72. The van der Waals surface area contributed by atoms with Gasteiger partial charge < -0.3 is 4.74 Å². The van der Waals surface area contributed by atoms with Crippen molar-refractivity contribution in [2.75, 3.05) is 6.61 Å². The lowest BCUT2D eigenvalue weighted by molar-refractivity contribution is 0.243. The maximum absolute atomic E-state index is 5.70. The Balaban J connectivity index is 2.44. The second-order valence-electron chi connectivity index (χ2n) is 4.94. The Hall–Kier alpha value is -0.500. The van der Waals surface area contributed by atoms with E-state index in [0.29, 0.717) is 5.41 Å². The van der Waals surface area contributed by atoms with Crippen LogP contribution >= 0.6 is 15.9 Å². The van der Waals surface area contributed by atoms with Gasteiger partial charge in [0.15, 0.2) is 0 Å². The van der Waals surface area contributed by atoms with Gasteiger partial charge in [-0.1, -0.05) is 48.8 Å². The molecule has 1 aromatic rings. The molecule has 0 unspecified atom stereocenters. The molecule has 84 valence electrons. The Labute approximate surface area is 101 Å². The van der Waals surface area contributed by atoms with E-state index in [2.05, 4.69) is 48.8 Å². The van der Waals surface area contributed by atoms with Crippen LogP contribution in [0.15, 0.2) is 24.3 Å². The lowest BCUT2D eigenvalue weighted by atomic mass is 9.93. The molecule has 0 atom stereocenters. The van der Waals surface area contributed by atoms with Gasteiger partial charge in [0.2, 0.25) is 0 Å². The van der Waals surface area contributed by atoms with Crippen molar-refractivity contribution in [3.05, 3.63) is 29.8 Å². The van der Waals surface area contributed by atoms with E-state index in [4.69, 9.17) is 4.74 Å². The SMILES string of the molecule is CC(C)(C)CCOc1cccc(CBr)c1. The molecule has 0 spiro atoms. The summed E-state index contributed by atoms with van der Waals surface area (Å²) in [7, 11) is 0. The number of ether oxygens (including phenoxy) is 1. The van der Waals surface area contributed by atoms with Crippen LogP contribution in [0, 0.1) is 5.41 Å². The first-order chi connectivity index (χ1) is 7.01.